The van der Waals surface area contributed by atoms with Crippen LogP contribution in [0.15, 0.2) is 0 Å². The van der Waals surface area contributed by atoms with Crippen molar-refractivity contribution in [2.24, 2.45) is 5.92 Å². The molecule has 0 heterocycles. The second-order valence-corrected chi connectivity index (χ2v) is 2.71. The first kappa shape index (κ1) is 13.2. The van der Waals surface area contributed by atoms with Gasteiger partial charge in [-0.15, -0.1) is 0 Å². The fourth-order valence-electron chi connectivity index (χ4n) is 0.216. The maximum Gasteiger partial charge on any atom is 0.327 e. The largest absolute Gasteiger partial charge is 0.328 e. The van der Waals surface area contributed by atoms with E-state index in [1.165, 1.54) is 0 Å². The SMILES string of the molecule is CC(C)COP(O)O.[Ca]. The van der Waals surface area contributed by atoms with Gasteiger partial charge in [0.05, 0.1) is 6.61 Å². The Morgan fingerprint density at radius 1 is 1.44 bits per heavy atom. The number of hydrogen-bond donors (Lipinski definition) is 2. The summed E-state index contributed by atoms with van der Waals surface area (Å²) in [5.74, 6) is 0.360. The molecule has 2 radical (unpaired) electrons. The Bertz CT molecular complexity index is 51.8. The van der Waals surface area contributed by atoms with Gasteiger partial charge in [0.1, 0.15) is 0 Å². The molecule has 0 aliphatic heterocycles. The van der Waals surface area contributed by atoms with Crippen LogP contribution < -0.4 is 0 Å². The molecule has 2 N–H and O–H groups in total. The Morgan fingerprint density at radius 3 is 2.00 bits per heavy atom. The summed E-state index contributed by atoms with van der Waals surface area (Å²) >= 11 is 0. The zero-order valence-electron chi connectivity index (χ0n) is 5.74. The molecule has 9 heavy (non-hydrogen) atoms. The fraction of sp³-hybridized carbons (Fsp3) is 1.00. The van der Waals surface area contributed by atoms with E-state index in [1.54, 1.807) is 0 Å². The molecule has 0 bridgehead atoms. The summed E-state index contributed by atoms with van der Waals surface area (Å²) < 4.78 is 4.48. The van der Waals surface area contributed by atoms with Crippen molar-refractivity contribution in [1.82, 2.24) is 0 Å². The van der Waals surface area contributed by atoms with Crippen LogP contribution in [0.4, 0.5) is 0 Å². The molecule has 3 nitrogen and oxygen atoms in total. The average molecular weight is 178 g/mol. The van der Waals surface area contributed by atoms with Crippen molar-refractivity contribution in [2.45, 2.75) is 13.8 Å². The standard InChI is InChI=1S/C4H11O3P.Ca/c1-4(2)3-7-8(5)6;/h4-6H,3H2,1-2H3;. The zero-order chi connectivity index (χ0) is 6.57. The molecule has 52 valence electrons. The summed E-state index contributed by atoms with van der Waals surface area (Å²) in [5.41, 5.74) is 0. The van der Waals surface area contributed by atoms with E-state index >= 15 is 0 Å². The van der Waals surface area contributed by atoms with Gasteiger partial charge in [-0.05, 0) is 5.92 Å². The Morgan fingerprint density at radius 2 is 1.89 bits per heavy atom. The van der Waals surface area contributed by atoms with Gasteiger partial charge in [0, 0.05) is 37.7 Å². The molecule has 0 unspecified atom stereocenters. The Labute approximate surface area is 86.4 Å². The van der Waals surface area contributed by atoms with Gasteiger partial charge in [-0.1, -0.05) is 13.8 Å². The minimum atomic E-state index is -2.13. The molecule has 0 saturated carbocycles. The predicted molar refractivity (Wildman–Crippen MR) is 37.9 cm³/mol. The molecule has 0 aromatic rings. The molecule has 0 rings (SSSR count). The van der Waals surface area contributed by atoms with E-state index in [-0.39, 0.29) is 37.7 Å². The van der Waals surface area contributed by atoms with Gasteiger partial charge in [0.25, 0.3) is 0 Å². The van der Waals surface area contributed by atoms with Gasteiger partial charge < -0.3 is 14.3 Å². The van der Waals surface area contributed by atoms with Crippen molar-refractivity contribution < 1.29 is 14.3 Å². The molecule has 0 amide bonds. The van der Waals surface area contributed by atoms with Crippen LogP contribution in [0.5, 0.6) is 0 Å². The van der Waals surface area contributed by atoms with Gasteiger partial charge in [-0.25, -0.2) is 0 Å². The fourth-order valence-corrected chi connectivity index (χ4v) is 0.647. The smallest absolute Gasteiger partial charge is 0.327 e. The predicted octanol–water partition coefficient (Wildman–Crippen LogP) is 0.490. The maximum atomic E-state index is 8.20. The normalized spacial score (nSPS) is 10.0. The third-order valence-corrected chi connectivity index (χ3v) is 0.903. The van der Waals surface area contributed by atoms with E-state index in [2.05, 4.69) is 4.52 Å². The van der Waals surface area contributed by atoms with Gasteiger partial charge in [0.15, 0.2) is 0 Å². The van der Waals surface area contributed by atoms with E-state index in [4.69, 9.17) is 9.79 Å². The Kier molecular flexibility index (Phi) is 11.2. The minimum absolute atomic E-state index is 0. The molecule has 0 saturated heterocycles. The van der Waals surface area contributed by atoms with Crippen LogP contribution in [-0.4, -0.2) is 54.1 Å². The van der Waals surface area contributed by atoms with Crippen LogP contribution >= 0.6 is 8.60 Å². The second-order valence-electron chi connectivity index (χ2n) is 1.94. The topological polar surface area (TPSA) is 49.7 Å². The van der Waals surface area contributed by atoms with E-state index < -0.39 is 8.60 Å². The summed E-state index contributed by atoms with van der Waals surface area (Å²) in [4.78, 5) is 16.4. The van der Waals surface area contributed by atoms with Crippen LogP contribution in [0.3, 0.4) is 0 Å². The number of hydrogen-bond acceptors (Lipinski definition) is 3. The van der Waals surface area contributed by atoms with Crippen molar-refractivity contribution in [3.05, 3.63) is 0 Å². The monoisotopic (exact) mass is 178 g/mol. The van der Waals surface area contributed by atoms with Crippen LogP contribution in [0.1, 0.15) is 13.8 Å². The molecule has 0 atom stereocenters. The molecule has 0 aromatic heterocycles. The molecular weight excluding hydrogens is 167 g/mol. The van der Waals surface area contributed by atoms with Gasteiger partial charge in [0.2, 0.25) is 0 Å². The van der Waals surface area contributed by atoms with E-state index in [1.807, 2.05) is 13.8 Å². The molecular formula is C4H11CaO3P. The maximum absolute atomic E-state index is 8.20. The van der Waals surface area contributed by atoms with Crippen molar-refractivity contribution in [2.75, 3.05) is 6.61 Å². The van der Waals surface area contributed by atoms with Crippen molar-refractivity contribution >= 4 is 46.3 Å². The Hall–Kier alpha value is 1.57. The summed E-state index contributed by atoms with van der Waals surface area (Å²) in [6, 6.07) is 0. The molecule has 0 aliphatic carbocycles. The molecule has 5 heteroatoms. The first-order valence-corrected chi connectivity index (χ1v) is 3.60. The third kappa shape index (κ3) is 12.7. The van der Waals surface area contributed by atoms with Crippen molar-refractivity contribution in [3.8, 4) is 0 Å². The summed E-state index contributed by atoms with van der Waals surface area (Å²) in [5, 5.41) is 0. The Balaban J connectivity index is 0. The summed E-state index contributed by atoms with van der Waals surface area (Å²) in [6.45, 7) is 4.30. The quantitative estimate of drug-likeness (QED) is 0.488. The van der Waals surface area contributed by atoms with E-state index in [0.717, 1.165) is 0 Å². The van der Waals surface area contributed by atoms with Crippen molar-refractivity contribution in [1.29, 1.82) is 0 Å². The van der Waals surface area contributed by atoms with E-state index in [0.29, 0.717) is 12.5 Å². The molecule has 0 fully saturated rings. The van der Waals surface area contributed by atoms with Gasteiger partial charge in [-0.3, -0.25) is 0 Å². The average Bonchev–Trinajstić information content (AvgIpc) is 1.61. The summed E-state index contributed by atoms with van der Waals surface area (Å²) in [7, 11) is -2.13. The second kappa shape index (κ2) is 7.67. The third-order valence-electron chi connectivity index (χ3n) is 0.523. The van der Waals surface area contributed by atoms with Gasteiger partial charge in [-0.2, -0.15) is 0 Å². The first-order valence-electron chi connectivity index (χ1n) is 2.43. The molecule has 0 aromatic carbocycles. The van der Waals surface area contributed by atoms with Crippen molar-refractivity contribution in [3.63, 3.8) is 0 Å². The molecule has 0 aliphatic rings. The minimum Gasteiger partial charge on any atom is -0.328 e. The zero-order valence-corrected chi connectivity index (χ0v) is 8.84. The van der Waals surface area contributed by atoms with Crippen LogP contribution in [-0.2, 0) is 4.52 Å². The first-order chi connectivity index (χ1) is 3.63. The van der Waals surface area contributed by atoms with E-state index in [9.17, 15) is 0 Å². The van der Waals surface area contributed by atoms with Gasteiger partial charge >= 0.3 is 8.60 Å². The summed E-state index contributed by atoms with van der Waals surface area (Å²) in [6.07, 6.45) is 0. The van der Waals surface area contributed by atoms with Crippen LogP contribution in [0.2, 0.25) is 0 Å². The molecule has 0 spiro atoms. The van der Waals surface area contributed by atoms with Crippen LogP contribution in [0, 0.1) is 5.92 Å². The van der Waals surface area contributed by atoms with Crippen LogP contribution in [0.25, 0.3) is 0 Å². The number of rotatable bonds is 3.